The Balaban J connectivity index is 1.91. The second-order valence-corrected chi connectivity index (χ2v) is 5.23. The summed E-state index contributed by atoms with van der Waals surface area (Å²) in [7, 11) is 0. The Kier molecular flexibility index (Phi) is 2.77. The van der Waals surface area contributed by atoms with Crippen LogP contribution in [0.15, 0.2) is 36.5 Å². The molecule has 3 heterocycles. The monoisotopic (exact) mass is 315 g/mol. The highest BCUT2D eigenvalue weighted by Crippen LogP contribution is 2.25. The molecule has 102 valence electrons. The summed E-state index contributed by atoms with van der Waals surface area (Å²) >= 11 is 11.8. The highest BCUT2D eigenvalue weighted by atomic mass is 35.5. The number of hydrogen-bond donors (Lipinski definition) is 1. The van der Waals surface area contributed by atoms with Crippen LogP contribution in [0.4, 0.5) is 0 Å². The summed E-state index contributed by atoms with van der Waals surface area (Å²) in [5.41, 5.74) is 3.48. The number of nitrogens with zero attached hydrogens (tertiary/aromatic N) is 4. The third kappa shape index (κ3) is 2.11. The minimum Gasteiger partial charge on any atom is -0.335 e. The van der Waals surface area contributed by atoms with E-state index in [1.165, 1.54) is 0 Å². The predicted molar refractivity (Wildman–Crippen MR) is 82.4 cm³/mol. The first-order valence-electron chi connectivity index (χ1n) is 6.14. The van der Waals surface area contributed by atoms with E-state index in [-0.39, 0.29) is 5.15 Å². The summed E-state index contributed by atoms with van der Waals surface area (Å²) < 4.78 is 0. The van der Waals surface area contributed by atoms with Crippen LogP contribution in [0.1, 0.15) is 0 Å². The number of aromatic nitrogens is 5. The number of pyridine rings is 1. The molecule has 1 N–H and O–H groups in total. The second kappa shape index (κ2) is 4.65. The van der Waals surface area contributed by atoms with Crippen molar-refractivity contribution in [2.75, 3.05) is 0 Å². The highest BCUT2D eigenvalue weighted by Gasteiger charge is 2.11. The van der Waals surface area contributed by atoms with Gasteiger partial charge in [0.15, 0.2) is 11.5 Å². The van der Waals surface area contributed by atoms with Crippen molar-refractivity contribution in [2.45, 2.75) is 0 Å². The maximum atomic E-state index is 5.95. The quantitative estimate of drug-likeness (QED) is 0.541. The van der Waals surface area contributed by atoms with Gasteiger partial charge in [0.25, 0.3) is 0 Å². The molecule has 0 fully saturated rings. The first-order valence-corrected chi connectivity index (χ1v) is 6.90. The third-order valence-electron chi connectivity index (χ3n) is 3.08. The van der Waals surface area contributed by atoms with Crippen LogP contribution in [0.2, 0.25) is 10.2 Å². The van der Waals surface area contributed by atoms with Crippen molar-refractivity contribution in [3.63, 3.8) is 0 Å². The Morgan fingerprint density at radius 3 is 2.62 bits per heavy atom. The molecule has 0 radical (unpaired) electrons. The molecule has 7 heteroatoms. The van der Waals surface area contributed by atoms with Crippen molar-refractivity contribution in [2.24, 2.45) is 0 Å². The van der Waals surface area contributed by atoms with E-state index in [0.717, 1.165) is 11.0 Å². The van der Waals surface area contributed by atoms with Crippen molar-refractivity contribution < 1.29 is 0 Å². The number of aromatic amines is 1. The van der Waals surface area contributed by atoms with Crippen molar-refractivity contribution >= 4 is 45.4 Å². The number of imidazole rings is 1. The molecule has 0 aliphatic heterocycles. The Bertz CT molecular complexity index is 941. The predicted octanol–water partition coefficient (Wildman–Crippen LogP) is 3.87. The molecule has 3 aromatic heterocycles. The Morgan fingerprint density at radius 2 is 1.76 bits per heavy atom. The Labute approximate surface area is 129 Å². The molecular formula is C14H7Cl2N5. The number of halogens is 2. The molecule has 0 aliphatic rings. The topological polar surface area (TPSA) is 67.3 Å². The first-order chi connectivity index (χ1) is 10.2. The minimum absolute atomic E-state index is 0.229. The van der Waals surface area contributed by atoms with Gasteiger partial charge in [-0.2, -0.15) is 0 Å². The number of para-hydroxylation sites is 2. The summed E-state index contributed by atoms with van der Waals surface area (Å²) in [5.74, 6) is 0.578. The summed E-state index contributed by atoms with van der Waals surface area (Å²) in [6.45, 7) is 0. The van der Waals surface area contributed by atoms with Gasteiger partial charge < -0.3 is 4.98 Å². The fraction of sp³-hybridized carbons (Fsp3) is 0. The SMILES string of the molecule is Clc1cc2[nH]c(-c3cnc4ccccc4n3)nc2nc1Cl. The number of nitrogens with one attached hydrogen (secondary N) is 1. The van der Waals surface area contributed by atoms with Gasteiger partial charge in [-0.1, -0.05) is 35.3 Å². The number of H-pyrrole nitrogens is 1. The van der Waals surface area contributed by atoms with Crippen molar-refractivity contribution in [1.82, 2.24) is 24.9 Å². The zero-order chi connectivity index (χ0) is 14.4. The molecule has 0 spiro atoms. The molecule has 5 nitrogen and oxygen atoms in total. The standard InChI is InChI=1S/C14H7Cl2N5/c15-7-5-10-13(20-12(7)16)21-14(19-10)11-6-17-8-3-1-2-4-9(8)18-11/h1-6H,(H,19,20,21). The lowest BCUT2D eigenvalue weighted by atomic mass is 10.3. The highest BCUT2D eigenvalue weighted by molar-refractivity contribution is 6.41. The smallest absolute Gasteiger partial charge is 0.179 e. The summed E-state index contributed by atoms with van der Waals surface area (Å²) in [6, 6.07) is 9.34. The summed E-state index contributed by atoms with van der Waals surface area (Å²) in [5, 5.41) is 0.607. The molecule has 0 unspecified atom stereocenters. The van der Waals surface area contributed by atoms with Gasteiger partial charge in [-0.3, -0.25) is 4.98 Å². The molecule has 4 rings (SSSR count). The molecule has 0 saturated carbocycles. The van der Waals surface area contributed by atoms with Crippen LogP contribution in [-0.4, -0.2) is 24.9 Å². The average Bonchev–Trinajstić information content (AvgIpc) is 2.90. The maximum absolute atomic E-state index is 5.95. The van der Waals surface area contributed by atoms with Gasteiger partial charge in [0.2, 0.25) is 0 Å². The molecule has 0 aliphatic carbocycles. The molecular weight excluding hydrogens is 309 g/mol. The van der Waals surface area contributed by atoms with Crippen LogP contribution < -0.4 is 0 Å². The zero-order valence-electron chi connectivity index (χ0n) is 10.5. The fourth-order valence-corrected chi connectivity index (χ4v) is 2.37. The van der Waals surface area contributed by atoms with E-state index in [9.17, 15) is 0 Å². The van der Waals surface area contributed by atoms with Crippen LogP contribution in [0.5, 0.6) is 0 Å². The number of benzene rings is 1. The maximum Gasteiger partial charge on any atom is 0.179 e. The van der Waals surface area contributed by atoms with Gasteiger partial charge in [0.05, 0.1) is 27.8 Å². The van der Waals surface area contributed by atoms with Gasteiger partial charge >= 0.3 is 0 Å². The second-order valence-electron chi connectivity index (χ2n) is 4.46. The molecule has 0 saturated heterocycles. The number of fused-ring (bicyclic) bond motifs is 2. The largest absolute Gasteiger partial charge is 0.335 e. The van der Waals surface area contributed by atoms with E-state index in [4.69, 9.17) is 23.2 Å². The fourth-order valence-electron chi connectivity index (χ4n) is 2.09. The molecule has 1 aromatic carbocycles. The van der Waals surface area contributed by atoms with Gasteiger partial charge in [-0.15, -0.1) is 0 Å². The molecule has 21 heavy (non-hydrogen) atoms. The number of rotatable bonds is 1. The normalized spacial score (nSPS) is 11.3. The van der Waals surface area contributed by atoms with Crippen LogP contribution in [-0.2, 0) is 0 Å². The van der Waals surface area contributed by atoms with Gasteiger partial charge in [0, 0.05) is 0 Å². The van der Waals surface area contributed by atoms with Crippen LogP contribution in [0.3, 0.4) is 0 Å². The van der Waals surface area contributed by atoms with Gasteiger partial charge in [-0.05, 0) is 18.2 Å². The lowest BCUT2D eigenvalue weighted by molar-refractivity contribution is 1.22. The van der Waals surface area contributed by atoms with E-state index >= 15 is 0 Å². The van der Waals surface area contributed by atoms with Crippen LogP contribution in [0, 0.1) is 0 Å². The Hall–Kier alpha value is -2.24. The lowest BCUT2D eigenvalue weighted by Gasteiger charge is -1.98. The molecule has 0 amide bonds. The van der Waals surface area contributed by atoms with E-state index < -0.39 is 0 Å². The molecule has 4 aromatic rings. The molecule has 0 atom stereocenters. The van der Waals surface area contributed by atoms with Crippen molar-refractivity contribution in [3.8, 4) is 11.5 Å². The lowest BCUT2D eigenvalue weighted by Crippen LogP contribution is -1.89. The Morgan fingerprint density at radius 1 is 0.952 bits per heavy atom. The first kappa shape index (κ1) is 12.5. The molecule has 0 bridgehead atoms. The van der Waals surface area contributed by atoms with Gasteiger partial charge in [0.1, 0.15) is 10.8 Å². The zero-order valence-corrected chi connectivity index (χ0v) is 12.0. The van der Waals surface area contributed by atoms with Gasteiger partial charge in [-0.25, -0.2) is 15.0 Å². The van der Waals surface area contributed by atoms with E-state index in [0.29, 0.717) is 27.7 Å². The van der Waals surface area contributed by atoms with Crippen LogP contribution in [0.25, 0.3) is 33.7 Å². The van der Waals surface area contributed by atoms with Crippen molar-refractivity contribution in [3.05, 3.63) is 46.7 Å². The number of hydrogen-bond acceptors (Lipinski definition) is 4. The minimum atomic E-state index is 0.229. The third-order valence-corrected chi connectivity index (χ3v) is 3.75. The summed E-state index contributed by atoms with van der Waals surface area (Å²) in [6.07, 6.45) is 1.67. The van der Waals surface area contributed by atoms with Crippen molar-refractivity contribution in [1.29, 1.82) is 0 Å². The van der Waals surface area contributed by atoms with Crippen LogP contribution >= 0.6 is 23.2 Å². The summed E-state index contributed by atoms with van der Waals surface area (Å²) in [4.78, 5) is 20.5. The average molecular weight is 316 g/mol. The van der Waals surface area contributed by atoms with E-state index in [2.05, 4.69) is 24.9 Å². The van der Waals surface area contributed by atoms with E-state index in [1.54, 1.807) is 12.3 Å². The van der Waals surface area contributed by atoms with E-state index in [1.807, 2.05) is 24.3 Å².